The first-order valence-electron chi connectivity index (χ1n) is 6.61. The summed E-state index contributed by atoms with van der Waals surface area (Å²) in [6.07, 6.45) is 3.23. The van der Waals surface area contributed by atoms with Gasteiger partial charge in [0.2, 0.25) is 0 Å². The van der Waals surface area contributed by atoms with Crippen LogP contribution in [0.1, 0.15) is 28.0 Å². The predicted molar refractivity (Wildman–Crippen MR) is 77.7 cm³/mol. The fourth-order valence-corrected chi connectivity index (χ4v) is 2.11. The van der Waals surface area contributed by atoms with E-state index in [9.17, 15) is 4.79 Å². The van der Waals surface area contributed by atoms with E-state index in [1.165, 1.54) is 0 Å². The Hall–Kier alpha value is -2.14. The lowest BCUT2D eigenvalue weighted by molar-refractivity contribution is 0.102. The number of hydrogen-bond acceptors (Lipinski definition) is 3. The fraction of sp³-hybridized carbons (Fsp3) is 0.333. The summed E-state index contributed by atoms with van der Waals surface area (Å²) in [5.74, 6) is -0.157. The molecule has 5 heteroatoms. The highest BCUT2D eigenvalue weighted by Crippen LogP contribution is 2.14. The van der Waals surface area contributed by atoms with Gasteiger partial charge in [-0.2, -0.15) is 5.10 Å². The topological polar surface area (TPSA) is 67.2 Å². The third kappa shape index (κ3) is 3.45. The van der Waals surface area contributed by atoms with Crippen molar-refractivity contribution in [2.24, 2.45) is 7.05 Å². The Morgan fingerprint density at radius 3 is 2.90 bits per heavy atom. The molecule has 0 fully saturated rings. The molecule has 106 valence electrons. The van der Waals surface area contributed by atoms with Gasteiger partial charge < -0.3 is 10.4 Å². The van der Waals surface area contributed by atoms with Gasteiger partial charge in [0.05, 0.1) is 11.3 Å². The molecule has 0 radical (unpaired) electrons. The van der Waals surface area contributed by atoms with Crippen LogP contribution in [-0.4, -0.2) is 27.4 Å². The van der Waals surface area contributed by atoms with Crippen LogP contribution in [0.3, 0.4) is 0 Å². The van der Waals surface area contributed by atoms with Gasteiger partial charge in [-0.05, 0) is 37.5 Å². The molecule has 1 heterocycles. The second-order valence-corrected chi connectivity index (χ2v) is 4.78. The van der Waals surface area contributed by atoms with Crippen molar-refractivity contribution < 1.29 is 9.90 Å². The van der Waals surface area contributed by atoms with Crippen molar-refractivity contribution in [3.8, 4) is 0 Å². The summed E-state index contributed by atoms with van der Waals surface area (Å²) < 4.78 is 1.63. The zero-order chi connectivity index (χ0) is 14.5. The highest BCUT2D eigenvalue weighted by Gasteiger charge is 2.12. The number of rotatable bonds is 5. The molecule has 0 unspecified atom stereocenters. The van der Waals surface area contributed by atoms with E-state index in [2.05, 4.69) is 10.4 Å². The quantitative estimate of drug-likeness (QED) is 0.874. The normalized spacial score (nSPS) is 10.6. The molecule has 0 saturated heterocycles. The van der Waals surface area contributed by atoms with Crippen LogP contribution in [0.2, 0.25) is 0 Å². The third-order valence-corrected chi connectivity index (χ3v) is 3.07. The van der Waals surface area contributed by atoms with Gasteiger partial charge in [0.15, 0.2) is 0 Å². The van der Waals surface area contributed by atoms with E-state index in [-0.39, 0.29) is 12.5 Å². The summed E-state index contributed by atoms with van der Waals surface area (Å²) in [5, 5.41) is 15.9. The Kier molecular flexibility index (Phi) is 4.53. The Balaban J connectivity index is 2.09. The average molecular weight is 273 g/mol. The lowest BCUT2D eigenvalue weighted by Gasteiger charge is -2.06. The second kappa shape index (κ2) is 6.34. The van der Waals surface area contributed by atoms with Crippen LogP contribution < -0.4 is 5.32 Å². The largest absolute Gasteiger partial charge is 0.396 e. The van der Waals surface area contributed by atoms with Crippen LogP contribution in [0.4, 0.5) is 5.69 Å². The molecule has 0 saturated carbocycles. The number of aliphatic hydroxyl groups excluding tert-OH is 1. The van der Waals surface area contributed by atoms with E-state index in [1.54, 1.807) is 17.9 Å². The number of hydrogen-bond donors (Lipinski definition) is 2. The Morgan fingerprint density at radius 2 is 2.25 bits per heavy atom. The van der Waals surface area contributed by atoms with Gasteiger partial charge in [-0.15, -0.1) is 0 Å². The van der Waals surface area contributed by atoms with Crippen molar-refractivity contribution in [1.29, 1.82) is 0 Å². The second-order valence-electron chi connectivity index (χ2n) is 4.78. The number of amides is 1. The minimum Gasteiger partial charge on any atom is -0.396 e. The van der Waals surface area contributed by atoms with Crippen LogP contribution >= 0.6 is 0 Å². The first-order chi connectivity index (χ1) is 9.60. The molecular formula is C15H19N3O2. The van der Waals surface area contributed by atoms with Crippen LogP contribution in [-0.2, 0) is 13.5 Å². The molecule has 1 aromatic carbocycles. The lowest BCUT2D eigenvalue weighted by Crippen LogP contribution is -2.12. The molecule has 0 atom stereocenters. The monoisotopic (exact) mass is 273 g/mol. The molecule has 1 amide bonds. The molecule has 0 aliphatic rings. The minimum atomic E-state index is -0.157. The van der Waals surface area contributed by atoms with E-state index in [0.29, 0.717) is 11.3 Å². The SMILES string of the molecule is Cc1nn(C)cc1C(=O)Nc1cccc(CCCO)c1. The van der Waals surface area contributed by atoms with Crippen molar-refractivity contribution >= 4 is 11.6 Å². The lowest BCUT2D eigenvalue weighted by atomic mass is 10.1. The smallest absolute Gasteiger partial charge is 0.259 e. The zero-order valence-electron chi connectivity index (χ0n) is 11.8. The summed E-state index contributed by atoms with van der Waals surface area (Å²) >= 11 is 0. The Bertz CT molecular complexity index is 605. The molecule has 0 aliphatic heterocycles. The number of anilines is 1. The van der Waals surface area contributed by atoms with Crippen LogP contribution in [0.25, 0.3) is 0 Å². The van der Waals surface area contributed by atoms with Crippen molar-refractivity contribution in [3.63, 3.8) is 0 Å². The Morgan fingerprint density at radius 1 is 1.45 bits per heavy atom. The molecule has 2 N–H and O–H groups in total. The molecule has 0 spiro atoms. The van der Waals surface area contributed by atoms with E-state index in [1.807, 2.05) is 31.2 Å². The molecule has 5 nitrogen and oxygen atoms in total. The maximum Gasteiger partial charge on any atom is 0.259 e. The first kappa shape index (κ1) is 14.3. The summed E-state index contributed by atoms with van der Waals surface area (Å²) in [5.41, 5.74) is 3.14. The van der Waals surface area contributed by atoms with Crippen LogP contribution in [0, 0.1) is 6.92 Å². The van der Waals surface area contributed by atoms with Crippen molar-refractivity contribution in [2.75, 3.05) is 11.9 Å². The standard InChI is InChI=1S/C15H19N3O2/c1-11-14(10-18(2)17-11)15(20)16-13-7-3-5-12(9-13)6-4-8-19/h3,5,7,9-10,19H,4,6,8H2,1-2H3,(H,16,20). The molecule has 20 heavy (non-hydrogen) atoms. The average Bonchev–Trinajstić information content (AvgIpc) is 2.76. The number of aromatic nitrogens is 2. The summed E-state index contributed by atoms with van der Waals surface area (Å²) in [6.45, 7) is 1.98. The van der Waals surface area contributed by atoms with Crippen molar-refractivity contribution in [1.82, 2.24) is 9.78 Å². The first-order valence-corrected chi connectivity index (χ1v) is 6.61. The number of carbonyl (C=O) groups excluding carboxylic acids is 1. The van der Waals surface area contributed by atoms with Crippen LogP contribution in [0.5, 0.6) is 0 Å². The molecule has 1 aromatic heterocycles. The highest BCUT2D eigenvalue weighted by molar-refractivity contribution is 6.04. The molecule has 0 aliphatic carbocycles. The van der Waals surface area contributed by atoms with Crippen molar-refractivity contribution in [3.05, 3.63) is 47.3 Å². The maximum atomic E-state index is 12.2. The number of carbonyl (C=O) groups is 1. The van der Waals surface area contributed by atoms with E-state index in [4.69, 9.17) is 5.11 Å². The Labute approximate surface area is 118 Å². The number of nitrogens with one attached hydrogen (secondary N) is 1. The van der Waals surface area contributed by atoms with E-state index >= 15 is 0 Å². The fourth-order valence-electron chi connectivity index (χ4n) is 2.11. The summed E-state index contributed by atoms with van der Waals surface area (Å²) in [4.78, 5) is 12.2. The number of aliphatic hydroxyl groups is 1. The number of nitrogens with zero attached hydrogens (tertiary/aromatic N) is 2. The van der Waals surface area contributed by atoms with Crippen LogP contribution in [0.15, 0.2) is 30.5 Å². The van der Waals surface area contributed by atoms with Gasteiger partial charge in [0, 0.05) is 25.5 Å². The van der Waals surface area contributed by atoms with E-state index in [0.717, 1.165) is 24.1 Å². The van der Waals surface area contributed by atoms with E-state index < -0.39 is 0 Å². The zero-order valence-corrected chi connectivity index (χ0v) is 11.8. The molecule has 2 aromatic rings. The van der Waals surface area contributed by atoms with Gasteiger partial charge in [0.25, 0.3) is 5.91 Å². The van der Waals surface area contributed by atoms with Gasteiger partial charge in [-0.25, -0.2) is 0 Å². The van der Waals surface area contributed by atoms with Gasteiger partial charge >= 0.3 is 0 Å². The number of benzene rings is 1. The molecule has 2 rings (SSSR count). The predicted octanol–water partition coefficient (Wildman–Crippen LogP) is 1.91. The number of aryl methyl sites for hydroxylation is 3. The third-order valence-electron chi connectivity index (χ3n) is 3.07. The summed E-state index contributed by atoms with van der Waals surface area (Å²) in [7, 11) is 1.79. The van der Waals surface area contributed by atoms with Gasteiger partial charge in [-0.3, -0.25) is 9.48 Å². The summed E-state index contributed by atoms with van der Waals surface area (Å²) in [6, 6.07) is 7.67. The maximum absolute atomic E-state index is 12.2. The minimum absolute atomic E-state index is 0.157. The molecular weight excluding hydrogens is 254 g/mol. The van der Waals surface area contributed by atoms with Gasteiger partial charge in [0.1, 0.15) is 0 Å². The van der Waals surface area contributed by atoms with Crippen molar-refractivity contribution in [2.45, 2.75) is 19.8 Å². The van der Waals surface area contributed by atoms with Gasteiger partial charge in [-0.1, -0.05) is 12.1 Å². The highest BCUT2D eigenvalue weighted by atomic mass is 16.2. The molecule has 0 bridgehead atoms.